The molecule has 38 heavy (non-hydrogen) atoms. The highest BCUT2D eigenvalue weighted by atomic mass is 19.4. The van der Waals surface area contributed by atoms with Gasteiger partial charge in [0.15, 0.2) is 5.96 Å². The van der Waals surface area contributed by atoms with Gasteiger partial charge in [0.2, 0.25) is 0 Å². The van der Waals surface area contributed by atoms with E-state index < -0.39 is 18.1 Å². The SMILES string of the molecule is COCCCN=C(NCCOC12CC3CC(CC(C3)C1)C2)Nc1ccc(C(=O)O)cc1.O=C(O)C(F)(F)F. The van der Waals surface area contributed by atoms with Gasteiger partial charge < -0.3 is 30.3 Å². The average molecular weight is 544 g/mol. The summed E-state index contributed by atoms with van der Waals surface area (Å²) in [4.78, 5) is 24.6. The maximum atomic E-state index is 11.1. The summed E-state index contributed by atoms with van der Waals surface area (Å²) in [6, 6.07) is 6.68. The van der Waals surface area contributed by atoms with Gasteiger partial charge in [-0.15, -0.1) is 0 Å². The molecule has 9 nitrogen and oxygen atoms in total. The number of carboxylic acids is 2. The van der Waals surface area contributed by atoms with Gasteiger partial charge in [0.1, 0.15) is 0 Å². The van der Waals surface area contributed by atoms with Crippen molar-refractivity contribution >= 4 is 23.6 Å². The smallest absolute Gasteiger partial charge is 0.478 e. The van der Waals surface area contributed by atoms with Gasteiger partial charge in [0.25, 0.3) is 0 Å². The van der Waals surface area contributed by atoms with Crippen LogP contribution in [0.25, 0.3) is 0 Å². The average Bonchev–Trinajstić information content (AvgIpc) is 2.83. The van der Waals surface area contributed by atoms with E-state index in [4.69, 9.17) is 24.5 Å². The number of nitrogens with one attached hydrogen (secondary N) is 2. The van der Waals surface area contributed by atoms with Gasteiger partial charge in [-0.2, -0.15) is 13.2 Å². The molecule has 0 amide bonds. The highest BCUT2D eigenvalue weighted by Crippen LogP contribution is 2.57. The number of halogens is 3. The lowest BCUT2D eigenvalue weighted by molar-refractivity contribution is -0.192. The number of aliphatic imine (C=N–C) groups is 1. The molecule has 0 unspecified atom stereocenters. The fourth-order valence-electron chi connectivity index (χ4n) is 6.02. The van der Waals surface area contributed by atoms with Gasteiger partial charge in [-0.05, 0) is 87.0 Å². The van der Waals surface area contributed by atoms with Crippen LogP contribution in [-0.4, -0.2) is 73.3 Å². The summed E-state index contributed by atoms with van der Waals surface area (Å²) in [5, 5.41) is 22.8. The van der Waals surface area contributed by atoms with Gasteiger partial charge in [-0.1, -0.05) is 0 Å². The fourth-order valence-corrected chi connectivity index (χ4v) is 6.02. The number of methoxy groups -OCH3 is 1. The van der Waals surface area contributed by atoms with Crippen LogP contribution in [0.4, 0.5) is 18.9 Å². The number of alkyl halides is 3. The molecule has 0 radical (unpaired) electrons. The Kier molecular flexibility index (Phi) is 10.4. The van der Waals surface area contributed by atoms with Gasteiger partial charge >= 0.3 is 18.1 Å². The first-order chi connectivity index (χ1) is 18.0. The number of anilines is 1. The van der Waals surface area contributed by atoms with Crippen LogP contribution < -0.4 is 10.6 Å². The summed E-state index contributed by atoms with van der Waals surface area (Å²) in [6.07, 6.45) is 3.74. The molecule has 0 heterocycles. The van der Waals surface area contributed by atoms with Crippen molar-refractivity contribution in [3.05, 3.63) is 29.8 Å². The summed E-state index contributed by atoms with van der Waals surface area (Å²) in [5.74, 6) is -0.367. The minimum atomic E-state index is -5.08. The Bertz CT molecular complexity index is 933. The second-order valence-corrected chi connectivity index (χ2v) is 10.3. The number of benzene rings is 1. The molecule has 1 aromatic rings. The van der Waals surface area contributed by atoms with E-state index in [1.165, 1.54) is 38.5 Å². The zero-order valence-electron chi connectivity index (χ0n) is 21.4. The second-order valence-electron chi connectivity index (χ2n) is 10.3. The van der Waals surface area contributed by atoms with E-state index in [9.17, 15) is 18.0 Å². The van der Waals surface area contributed by atoms with E-state index in [-0.39, 0.29) is 11.2 Å². The molecule has 4 aliphatic carbocycles. The molecule has 0 saturated heterocycles. The lowest BCUT2D eigenvalue weighted by atomic mass is 9.54. The molecule has 0 aromatic heterocycles. The number of guanidine groups is 1. The lowest BCUT2D eigenvalue weighted by Crippen LogP contribution is -2.52. The summed E-state index contributed by atoms with van der Waals surface area (Å²) in [5.41, 5.74) is 1.18. The molecule has 0 spiro atoms. The van der Waals surface area contributed by atoms with Crippen LogP contribution in [0.3, 0.4) is 0 Å². The highest BCUT2D eigenvalue weighted by Gasteiger charge is 2.51. The molecule has 0 atom stereocenters. The minimum Gasteiger partial charge on any atom is -0.478 e. The molecule has 0 aliphatic heterocycles. The van der Waals surface area contributed by atoms with Gasteiger partial charge in [-0.3, -0.25) is 4.99 Å². The molecular weight excluding hydrogens is 507 g/mol. The summed E-state index contributed by atoms with van der Waals surface area (Å²) in [7, 11) is 1.69. The molecule has 5 rings (SSSR count). The Morgan fingerprint density at radius 3 is 2.05 bits per heavy atom. The molecule has 4 fully saturated rings. The third-order valence-corrected chi connectivity index (χ3v) is 7.20. The van der Waals surface area contributed by atoms with Crippen molar-refractivity contribution in [1.29, 1.82) is 0 Å². The van der Waals surface area contributed by atoms with E-state index in [1.807, 2.05) is 0 Å². The number of hydrogen-bond donors (Lipinski definition) is 4. The Balaban J connectivity index is 0.000000505. The Labute approximate surface area is 219 Å². The predicted molar refractivity (Wildman–Crippen MR) is 134 cm³/mol. The van der Waals surface area contributed by atoms with Crippen LogP contribution in [0, 0.1) is 17.8 Å². The molecule has 1 aromatic carbocycles. The van der Waals surface area contributed by atoms with Crippen molar-refractivity contribution in [3.8, 4) is 0 Å². The van der Waals surface area contributed by atoms with Gasteiger partial charge in [-0.25, -0.2) is 9.59 Å². The molecule has 212 valence electrons. The number of carbonyl (C=O) groups is 2. The quantitative estimate of drug-likeness (QED) is 0.194. The van der Waals surface area contributed by atoms with E-state index in [0.717, 1.165) is 29.9 Å². The number of rotatable bonds is 10. The minimum absolute atomic E-state index is 0.117. The summed E-state index contributed by atoms with van der Waals surface area (Å²) < 4.78 is 43.3. The summed E-state index contributed by atoms with van der Waals surface area (Å²) in [6.45, 7) is 2.67. The fraction of sp³-hybridized carbons (Fsp3) is 0.654. The van der Waals surface area contributed by atoms with Crippen LogP contribution in [0.5, 0.6) is 0 Å². The van der Waals surface area contributed by atoms with Gasteiger partial charge in [0, 0.05) is 32.5 Å². The molecule has 4 saturated carbocycles. The van der Waals surface area contributed by atoms with E-state index in [1.54, 1.807) is 31.4 Å². The highest BCUT2D eigenvalue weighted by molar-refractivity contribution is 5.94. The van der Waals surface area contributed by atoms with Crippen molar-refractivity contribution < 1.29 is 42.4 Å². The maximum absolute atomic E-state index is 11.1. The van der Waals surface area contributed by atoms with E-state index in [0.29, 0.717) is 32.3 Å². The molecule has 4 N–H and O–H groups in total. The standard InChI is InChI=1S/C24H35N3O4.C2HF3O2/c1-30-9-2-7-25-23(27-21-5-3-20(4-6-21)22(28)29)26-8-10-31-24-14-17-11-18(15-24)13-19(12-17)16-24;3-2(4,5)1(6)7/h3-6,17-19H,2,7-16H2,1H3,(H,28,29)(H2,25,26,27);(H,6,7). The van der Waals surface area contributed by atoms with E-state index >= 15 is 0 Å². The first-order valence-corrected chi connectivity index (χ1v) is 12.8. The maximum Gasteiger partial charge on any atom is 0.490 e. The van der Waals surface area contributed by atoms with Crippen LogP contribution in [0.2, 0.25) is 0 Å². The lowest BCUT2D eigenvalue weighted by Gasteiger charge is -2.56. The molecular formula is C26H36F3N3O6. The second kappa shape index (κ2) is 13.3. The number of carboxylic acid groups (broad SMARTS) is 2. The zero-order chi connectivity index (χ0) is 27.8. The molecule has 4 bridgehead atoms. The monoisotopic (exact) mass is 543 g/mol. The number of nitrogens with zero attached hydrogens (tertiary/aromatic N) is 1. The molecule has 12 heteroatoms. The number of aliphatic carboxylic acids is 1. The van der Waals surface area contributed by atoms with Crippen molar-refractivity contribution in [2.75, 3.05) is 38.7 Å². The zero-order valence-corrected chi connectivity index (χ0v) is 21.4. The third-order valence-electron chi connectivity index (χ3n) is 7.20. The van der Waals surface area contributed by atoms with Crippen LogP contribution in [0.15, 0.2) is 29.3 Å². The Hall–Kier alpha value is -2.86. The molecule has 4 aliphatic rings. The van der Waals surface area contributed by atoms with Crippen molar-refractivity contribution in [2.24, 2.45) is 22.7 Å². The van der Waals surface area contributed by atoms with Crippen LogP contribution >= 0.6 is 0 Å². The number of ether oxygens (including phenoxy) is 2. The normalized spacial score (nSPS) is 25.9. The Morgan fingerprint density at radius 1 is 1.03 bits per heavy atom. The predicted octanol–water partition coefficient (Wildman–Crippen LogP) is 4.40. The van der Waals surface area contributed by atoms with Crippen LogP contribution in [0.1, 0.15) is 55.3 Å². The number of aromatic carboxylic acids is 1. The number of hydrogen-bond acceptors (Lipinski definition) is 5. The van der Waals surface area contributed by atoms with Crippen molar-refractivity contribution in [3.63, 3.8) is 0 Å². The largest absolute Gasteiger partial charge is 0.490 e. The van der Waals surface area contributed by atoms with Gasteiger partial charge in [0.05, 0.1) is 17.8 Å². The Morgan fingerprint density at radius 2 is 1.58 bits per heavy atom. The van der Waals surface area contributed by atoms with Crippen LogP contribution in [-0.2, 0) is 14.3 Å². The first-order valence-electron chi connectivity index (χ1n) is 12.8. The third kappa shape index (κ3) is 8.87. The van der Waals surface area contributed by atoms with E-state index in [2.05, 4.69) is 15.6 Å². The first kappa shape index (κ1) is 29.7. The topological polar surface area (TPSA) is 129 Å². The van der Waals surface area contributed by atoms with Crippen molar-refractivity contribution in [2.45, 2.75) is 56.7 Å². The summed E-state index contributed by atoms with van der Waals surface area (Å²) >= 11 is 0. The van der Waals surface area contributed by atoms with Crippen molar-refractivity contribution in [1.82, 2.24) is 5.32 Å².